The van der Waals surface area contributed by atoms with Crippen LogP contribution in [0.2, 0.25) is 0 Å². The quantitative estimate of drug-likeness (QED) is 0.223. The largest absolute Gasteiger partial charge is 0.509 e. The number of ketones is 1. The molecule has 1 aromatic heterocycles. The van der Waals surface area contributed by atoms with Crippen molar-refractivity contribution in [1.29, 1.82) is 0 Å². The Kier molecular flexibility index (Phi) is 6.85. The molecule has 0 N–H and O–H groups in total. The van der Waals surface area contributed by atoms with Gasteiger partial charge < -0.3 is 14.0 Å². The number of Topliss-reactive ketones (excluding diaryl/α,β-unsaturated/α-hetero) is 1. The normalized spacial score (nSPS) is 23.8. The summed E-state index contributed by atoms with van der Waals surface area (Å²) in [6.07, 6.45) is -1.08. The van der Waals surface area contributed by atoms with Gasteiger partial charge >= 0.3 is 6.16 Å². The highest BCUT2D eigenvalue weighted by Gasteiger charge is 2.49. The molecule has 4 heterocycles. The summed E-state index contributed by atoms with van der Waals surface area (Å²) in [4.78, 5) is 26.4. The van der Waals surface area contributed by atoms with Crippen LogP contribution in [0.4, 0.5) is 18.0 Å². The number of benzene rings is 2. The lowest BCUT2D eigenvalue weighted by molar-refractivity contribution is -0.938. The van der Waals surface area contributed by atoms with Crippen molar-refractivity contribution in [2.24, 2.45) is 5.92 Å². The van der Waals surface area contributed by atoms with Crippen LogP contribution in [0.5, 0.6) is 0 Å². The van der Waals surface area contributed by atoms with E-state index in [1.54, 1.807) is 0 Å². The van der Waals surface area contributed by atoms with Gasteiger partial charge in [0, 0.05) is 36.0 Å². The Bertz CT molecular complexity index is 1240. The predicted octanol–water partition coefficient (Wildman–Crippen LogP) is 5.90. The highest BCUT2D eigenvalue weighted by atomic mass is 32.1. The van der Waals surface area contributed by atoms with Gasteiger partial charge in [-0.1, -0.05) is 18.2 Å². The molecule has 188 valence electrons. The number of ether oxygens (including phenoxy) is 2. The third kappa shape index (κ3) is 5.32. The van der Waals surface area contributed by atoms with Gasteiger partial charge in [0.15, 0.2) is 12.2 Å². The number of quaternary nitrogens is 1. The first-order chi connectivity index (χ1) is 17.3. The maximum absolute atomic E-state index is 13.9. The topological polar surface area (TPSA) is 52.6 Å². The second-order valence-corrected chi connectivity index (χ2v) is 10.5. The molecule has 0 aliphatic carbocycles. The van der Waals surface area contributed by atoms with Crippen LogP contribution in [0, 0.1) is 23.4 Å². The second kappa shape index (κ2) is 10.1. The van der Waals surface area contributed by atoms with Gasteiger partial charge in [0.2, 0.25) is 5.78 Å². The average Bonchev–Trinajstić information content (AvgIpc) is 3.38. The van der Waals surface area contributed by atoms with E-state index in [-0.39, 0.29) is 22.8 Å². The summed E-state index contributed by atoms with van der Waals surface area (Å²) in [5.41, 5.74) is 0.241. The fourth-order valence-corrected chi connectivity index (χ4v) is 6.03. The molecule has 0 spiro atoms. The van der Waals surface area contributed by atoms with Gasteiger partial charge in [-0.3, -0.25) is 4.79 Å². The standard InChI is InChI=1S/C27H25F3NO4S/c28-20-4-1-3-18(11-20)26(19-12-21(29)14-22(30)13-19)35-27(33)34-24-16-31(8-6-17(24)7-9-31)15-23(32)25-5-2-10-36-25/h1-5,10-14,17,24,26H,6-9,15-16H2/q+1/t17?,24-,26?,31?/m0/s1. The summed E-state index contributed by atoms with van der Waals surface area (Å²) >= 11 is 1.41. The van der Waals surface area contributed by atoms with E-state index < -0.39 is 35.8 Å². The molecule has 2 bridgehead atoms. The smallest absolute Gasteiger partial charge is 0.425 e. The summed E-state index contributed by atoms with van der Waals surface area (Å²) < 4.78 is 53.6. The first-order valence-electron chi connectivity index (χ1n) is 11.8. The van der Waals surface area contributed by atoms with E-state index >= 15 is 0 Å². The molecule has 3 fully saturated rings. The van der Waals surface area contributed by atoms with Gasteiger partial charge in [0.1, 0.15) is 30.5 Å². The van der Waals surface area contributed by atoms with E-state index in [2.05, 4.69) is 0 Å². The highest BCUT2D eigenvalue weighted by molar-refractivity contribution is 7.12. The van der Waals surface area contributed by atoms with Crippen LogP contribution in [-0.4, -0.2) is 48.7 Å². The fraction of sp³-hybridized carbons (Fsp3) is 0.333. The van der Waals surface area contributed by atoms with Crippen molar-refractivity contribution >= 4 is 23.3 Å². The summed E-state index contributed by atoms with van der Waals surface area (Å²) in [5, 5.41) is 1.87. The lowest BCUT2D eigenvalue weighted by Crippen LogP contribution is -2.65. The third-order valence-corrected chi connectivity index (χ3v) is 8.03. The minimum absolute atomic E-state index is 0.0222. The minimum Gasteiger partial charge on any atom is -0.425 e. The van der Waals surface area contributed by atoms with Gasteiger partial charge in [0.05, 0.1) is 18.0 Å². The molecule has 3 aromatic rings. The van der Waals surface area contributed by atoms with Crippen LogP contribution in [-0.2, 0) is 9.47 Å². The number of halogens is 3. The van der Waals surface area contributed by atoms with Crippen LogP contribution >= 0.6 is 11.3 Å². The Labute approximate surface area is 210 Å². The van der Waals surface area contributed by atoms with E-state index in [0.29, 0.717) is 28.5 Å². The number of hydrogen-bond donors (Lipinski definition) is 0. The Morgan fingerprint density at radius 3 is 2.33 bits per heavy atom. The monoisotopic (exact) mass is 516 g/mol. The second-order valence-electron chi connectivity index (χ2n) is 9.53. The zero-order valence-corrected chi connectivity index (χ0v) is 20.2. The zero-order valence-electron chi connectivity index (χ0n) is 19.4. The number of fused-ring (bicyclic) bond motifs is 3. The molecule has 3 saturated heterocycles. The molecule has 2 atom stereocenters. The van der Waals surface area contributed by atoms with Crippen LogP contribution in [0.3, 0.4) is 0 Å². The van der Waals surface area contributed by atoms with Crippen LogP contribution in [0.25, 0.3) is 0 Å². The first kappa shape index (κ1) is 24.5. The molecule has 3 aliphatic rings. The molecule has 2 aromatic carbocycles. The lowest BCUT2D eigenvalue weighted by atomic mass is 9.83. The van der Waals surface area contributed by atoms with Crippen LogP contribution < -0.4 is 0 Å². The Balaban J connectivity index is 1.32. The van der Waals surface area contributed by atoms with Crippen molar-refractivity contribution < 1.29 is 36.7 Å². The number of hydrogen-bond acceptors (Lipinski definition) is 5. The number of carbonyl (C=O) groups is 2. The van der Waals surface area contributed by atoms with E-state index in [1.165, 1.54) is 29.5 Å². The van der Waals surface area contributed by atoms with Gasteiger partial charge in [-0.15, -0.1) is 11.3 Å². The summed E-state index contributed by atoms with van der Waals surface area (Å²) in [7, 11) is 0. The van der Waals surface area contributed by atoms with Crippen molar-refractivity contribution in [1.82, 2.24) is 0 Å². The third-order valence-electron chi connectivity index (χ3n) is 7.12. The molecule has 9 heteroatoms. The van der Waals surface area contributed by atoms with Gasteiger partial charge in [-0.05, 0) is 35.7 Å². The molecule has 5 nitrogen and oxygen atoms in total. The summed E-state index contributed by atoms with van der Waals surface area (Å²) in [6.45, 7) is 2.52. The highest BCUT2D eigenvalue weighted by Crippen LogP contribution is 2.37. The Hall–Kier alpha value is -3.17. The van der Waals surface area contributed by atoms with Crippen LogP contribution in [0.1, 0.15) is 39.7 Å². The van der Waals surface area contributed by atoms with Crippen molar-refractivity contribution in [2.75, 3.05) is 26.2 Å². The van der Waals surface area contributed by atoms with Gasteiger partial charge in [-0.2, -0.15) is 0 Å². The van der Waals surface area contributed by atoms with Crippen molar-refractivity contribution in [3.63, 3.8) is 0 Å². The number of piperidine rings is 3. The molecule has 1 unspecified atom stereocenters. The molecule has 0 radical (unpaired) electrons. The van der Waals surface area contributed by atoms with E-state index in [0.717, 1.165) is 44.1 Å². The van der Waals surface area contributed by atoms with Crippen molar-refractivity contribution in [3.8, 4) is 0 Å². The average molecular weight is 517 g/mol. The molecular formula is C27H25F3NO4S+. The number of rotatable bonds is 7. The van der Waals surface area contributed by atoms with Crippen LogP contribution in [0.15, 0.2) is 60.0 Å². The molecule has 3 aliphatic heterocycles. The van der Waals surface area contributed by atoms with Gasteiger partial charge in [0.25, 0.3) is 0 Å². The summed E-state index contributed by atoms with van der Waals surface area (Å²) in [6, 6.07) is 11.7. The minimum atomic E-state index is -1.26. The summed E-state index contributed by atoms with van der Waals surface area (Å²) in [5.74, 6) is -2.05. The SMILES string of the molecule is O=C(OC(c1cccc(F)c1)c1cc(F)cc(F)c1)O[C@H]1C[N+]2(CC(=O)c3cccs3)CCC1CC2. The molecule has 6 rings (SSSR count). The Morgan fingerprint density at radius 2 is 1.67 bits per heavy atom. The zero-order chi connectivity index (χ0) is 25.3. The number of thiophene rings is 1. The van der Waals surface area contributed by atoms with Crippen molar-refractivity contribution in [2.45, 2.75) is 25.0 Å². The maximum atomic E-state index is 13.9. The Morgan fingerprint density at radius 1 is 0.944 bits per heavy atom. The van der Waals surface area contributed by atoms with E-state index in [9.17, 15) is 22.8 Å². The lowest BCUT2D eigenvalue weighted by Gasteiger charge is -2.51. The number of nitrogens with zero attached hydrogens (tertiary/aromatic N) is 1. The van der Waals surface area contributed by atoms with Gasteiger partial charge in [-0.25, -0.2) is 18.0 Å². The van der Waals surface area contributed by atoms with E-state index in [1.807, 2.05) is 17.5 Å². The predicted molar refractivity (Wildman–Crippen MR) is 127 cm³/mol. The van der Waals surface area contributed by atoms with Crippen molar-refractivity contribution in [3.05, 3.63) is 93.4 Å². The molecule has 0 saturated carbocycles. The first-order valence-corrected chi connectivity index (χ1v) is 12.7. The molecular weight excluding hydrogens is 491 g/mol. The van der Waals surface area contributed by atoms with E-state index in [4.69, 9.17) is 9.47 Å². The maximum Gasteiger partial charge on any atom is 0.509 e. The molecule has 0 amide bonds. The number of carbonyl (C=O) groups excluding carboxylic acids is 2. The fourth-order valence-electron chi connectivity index (χ4n) is 5.37. The molecule has 36 heavy (non-hydrogen) atoms.